The van der Waals surface area contributed by atoms with Gasteiger partial charge in [0.05, 0.1) is 10.7 Å². The minimum atomic E-state index is -0.597. The summed E-state index contributed by atoms with van der Waals surface area (Å²) in [5, 5.41) is 2.83. The molecule has 0 bridgehead atoms. The average molecular weight is 559 g/mol. The molecule has 0 spiro atoms. The molecule has 1 aliphatic heterocycles. The number of hydrogen-bond donors (Lipinski definition) is 1. The summed E-state index contributed by atoms with van der Waals surface area (Å²) in [7, 11) is 0. The Kier molecular flexibility index (Phi) is 7.67. The first kappa shape index (κ1) is 26.1. The van der Waals surface area contributed by atoms with Crippen molar-refractivity contribution in [2.45, 2.75) is 6.61 Å². The van der Waals surface area contributed by atoms with Crippen molar-refractivity contribution in [1.82, 2.24) is 5.32 Å². The summed E-state index contributed by atoms with van der Waals surface area (Å²) in [5.41, 5.74) is 1.24. The Balaban J connectivity index is 1.30. The third-order valence-electron chi connectivity index (χ3n) is 5.81. The molecule has 194 valence electrons. The zero-order valence-corrected chi connectivity index (χ0v) is 21.8. The number of benzene rings is 4. The zero-order chi connectivity index (χ0) is 27.4. The predicted octanol–water partition coefficient (Wildman–Crippen LogP) is 6.68. The SMILES string of the molecule is O=C1NC(=S)N(c2ccc(Oc3ccccc3)cc2)C(=O)/C1=C/c1ccc(OCc2c(F)cccc2Cl)cc1. The van der Waals surface area contributed by atoms with E-state index in [1.807, 2.05) is 30.3 Å². The van der Waals surface area contributed by atoms with E-state index in [1.165, 1.54) is 23.1 Å². The second-order valence-electron chi connectivity index (χ2n) is 8.42. The van der Waals surface area contributed by atoms with E-state index in [9.17, 15) is 14.0 Å². The number of carbonyl (C=O) groups excluding carboxylic acids is 2. The number of carbonyl (C=O) groups is 2. The van der Waals surface area contributed by atoms with E-state index in [1.54, 1.807) is 54.6 Å². The number of rotatable bonds is 7. The van der Waals surface area contributed by atoms with Gasteiger partial charge in [-0.05, 0) is 84.5 Å². The molecule has 39 heavy (non-hydrogen) atoms. The lowest BCUT2D eigenvalue weighted by atomic mass is 10.1. The fraction of sp³-hybridized carbons (Fsp3) is 0.0333. The molecular weight excluding hydrogens is 539 g/mol. The molecule has 0 unspecified atom stereocenters. The highest BCUT2D eigenvalue weighted by atomic mass is 35.5. The fourth-order valence-corrected chi connectivity index (χ4v) is 4.33. The van der Waals surface area contributed by atoms with Crippen LogP contribution in [0.5, 0.6) is 17.2 Å². The second-order valence-corrected chi connectivity index (χ2v) is 9.22. The maximum absolute atomic E-state index is 14.0. The van der Waals surface area contributed by atoms with Crippen LogP contribution < -0.4 is 19.7 Å². The molecule has 0 aliphatic carbocycles. The normalized spacial score (nSPS) is 14.4. The first-order valence-corrected chi connectivity index (χ1v) is 12.6. The number of nitrogens with one attached hydrogen (secondary N) is 1. The smallest absolute Gasteiger partial charge is 0.270 e. The van der Waals surface area contributed by atoms with E-state index in [0.29, 0.717) is 28.5 Å². The lowest BCUT2D eigenvalue weighted by molar-refractivity contribution is -0.122. The molecule has 0 saturated carbocycles. The molecule has 1 aliphatic rings. The highest BCUT2D eigenvalue weighted by molar-refractivity contribution is 7.80. The minimum absolute atomic E-state index is 0.0190. The van der Waals surface area contributed by atoms with Crippen LogP contribution in [0.1, 0.15) is 11.1 Å². The van der Waals surface area contributed by atoms with Gasteiger partial charge in [-0.3, -0.25) is 19.8 Å². The monoisotopic (exact) mass is 558 g/mol. The Morgan fingerprint density at radius 1 is 0.846 bits per heavy atom. The Hall–Kier alpha value is -4.53. The Morgan fingerprint density at radius 3 is 2.21 bits per heavy atom. The summed E-state index contributed by atoms with van der Waals surface area (Å²) < 4.78 is 25.4. The molecular formula is C30H20ClFN2O4S. The quantitative estimate of drug-likeness (QED) is 0.156. The van der Waals surface area contributed by atoms with Crippen molar-refractivity contribution in [3.63, 3.8) is 0 Å². The molecule has 4 aromatic rings. The van der Waals surface area contributed by atoms with Crippen LogP contribution in [0.25, 0.3) is 6.08 Å². The van der Waals surface area contributed by atoms with Gasteiger partial charge in [0, 0.05) is 5.56 Å². The van der Waals surface area contributed by atoms with Gasteiger partial charge < -0.3 is 9.47 Å². The number of halogens is 2. The number of para-hydroxylation sites is 1. The Bertz CT molecular complexity index is 1560. The maximum atomic E-state index is 14.0. The zero-order valence-electron chi connectivity index (χ0n) is 20.3. The van der Waals surface area contributed by atoms with Crippen molar-refractivity contribution >= 4 is 52.5 Å². The van der Waals surface area contributed by atoms with E-state index in [-0.39, 0.29) is 27.9 Å². The third kappa shape index (κ3) is 5.98. The summed E-state index contributed by atoms with van der Waals surface area (Å²) in [6.45, 7) is -0.0472. The van der Waals surface area contributed by atoms with Gasteiger partial charge in [0.25, 0.3) is 11.8 Å². The molecule has 4 aromatic carbocycles. The number of hydrogen-bond acceptors (Lipinski definition) is 5. The van der Waals surface area contributed by atoms with Gasteiger partial charge in [0.1, 0.15) is 35.2 Å². The largest absolute Gasteiger partial charge is 0.489 e. The third-order valence-corrected chi connectivity index (χ3v) is 6.45. The molecule has 5 rings (SSSR count). The van der Waals surface area contributed by atoms with E-state index in [4.69, 9.17) is 33.3 Å². The van der Waals surface area contributed by atoms with Gasteiger partial charge in [-0.25, -0.2) is 4.39 Å². The number of nitrogens with zero attached hydrogens (tertiary/aromatic N) is 1. The molecule has 0 aromatic heterocycles. The number of thiocarbonyl (C=S) groups is 1. The van der Waals surface area contributed by atoms with Crippen molar-refractivity contribution in [2.24, 2.45) is 0 Å². The summed E-state index contributed by atoms with van der Waals surface area (Å²) in [6, 6.07) is 27.2. The molecule has 6 nitrogen and oxygen atoms in total. The summed E-state index contributed by atoms with van der Waals surface area (Å²) >= 11 is 11.3. The van der Waals surface area contributed by atoms with E-state index in [2.05, 4.69) is 5.32 Å². The molecule has 1 heterocycles. The lowest BCUT2D eigenvalue weighted by Gasteiger charge is -2.29. The molecule has 1 fully saturated rings. The van der Waals surface area contributed by atoms with Gasteiger partial charge >= 0.3 is 0 Å². The lowest BCUT2D eigenvalue weighted by Crippen LogP contribution is -2.54. The number of ether oxygens (including phenoxy) is 2. The summed E-state index contributed by atoms with van der Waals surface area (Å²) in [6.07, 6.45) is 1.47. The van der Waals surface area contributed by atoms with E-state index < -0.39 is 17.6 Å². The van der Waals surface area contributed by atoms with Crippen LogP contribution in [0.2, 0.25) is 5.02 Å². The van der Waals surface area contributed by atoms with E-state index in [0.717, 1.165) is 0 Å². The second kappa shape index (κ2) is 11.5. The number of anilines is 1. The van der Waals surface area contributed by atoms with Crippen LogP contribution in [0.15, 0.2) is 103 Å². The average Bonchev–Trinajstić information content (AvgIpc) is 2.93. The maximum Gasteiger partial charge on any atom is 0.270 e. The molecule has 2 amide bonds. The van der Waals surface area contributed by atoms with Crippen LogP contribution in [0, 0.1) is 5.82 Å². The first-order valence-electron chi connectivity index (χ1n) is 11.8. The minimum Gasteiger partial charge on any atom is -0.489 e. The highest BCUT2D eigenvalue weighted by Crippen LogP contribution is 2.27. The van der Waals surface area contributed by atoms with E-state index >= 15 is 0 Å². The van der Waals surface area contributed by atoms with Gasteiger partial charge in [-0.15, -0.1) is 0 Å². The standard InChI is InChI=1S/C30H20ClFN2O4S/c31-26-7-4-8-27(32)25(26)18-37-21-13-9-19(10-14-21)17-24-28(35)33-30(39)34(29(24)36)20-11-15-23(16-12-20)38-22-5-2-1-3-6-22/h1-17H,18H2,(H,33,35,39)/b24-17+. The summed E-state index contributed by atoms with van der Waals surface area (Å²) in [4.78, 5) is 27.2. The van der Waals surface area contributed by atoms with Gasteiger partial charge in [0.2, 0.25) is 0 Å². The summed E-state index contributed by atoms with van der Waals surface area (Å²) in [5.74, 6) is 0.122. The Labute approximate surface area is 234 Å². The molecule has 9 heteroatoms. The van der Waals surface area contributed by atoms with Gasteiger partial charge in [0.15, 0.2) is 5.11 Å². The molecule has 1 N–H and O–H groups in total. The highest BCUT2D eigenvalue weighted by Gasteiger charge is 2.34. The van der Waals surface area contributed by atoms with Crippen LogP contribution in [0.4, 0.5) is 10.1 Å². The van der Waals surface area contributed by atoms with Crippen molar-refractivity contribution in [3.05, 3.63) is 125 Å². The van der Waals surface area contributed by atoms with Crippen LogP contribution >= 0.6 is 23.8 Å². The molecule has 0 radical (unpaired) electrons. The Morgan fingerprint density at radius 2 is 1.51 bits per heavy atom. The fourth-order valence-electron chi connectivity index (χ4n) is 3.83. The van der Waals surface area contributed by atoms with Gasteiger partial charge in [-0.1, -0.05) is 48.0 Å². The van der Waals surface area contributed by atoms with Crippen molar-refractivity contribution in [2.75, 3.05) is 4.90 Å². The molecule has 0 atom stereocenters. The van der Waals surface area contributed by atoms with Crippen LogP contribution in [0.3, 0.4) is 0 Å². The van der Waals surface area contributed by atoms with Gasteiger partial charge in [-0.2, -0.15) is 0 Å². The van der Waals surface area contributed by atoms with Crippen molar-refractivity contribution in [3.8, 4) is 17.2 Å². The topological polar surface area (TPSA) is 67.9 Å². The van der Waals surface area contributed by atoms with Crippen molar-refractivity contribution in [1.29, 1.82) is 0 Å². The van der Waals surface area contributed by atoms with Crippen LogP contribution in [-0.4, -0.2) is 16.9 Å². The van der Waals surface area contributed by atoms with Crippen LogP contribution in [-0.2, 0) is 16.2 Å². The molecule has 1 saturated heterocycles. The predicted molar refractivity (Wildman–Crippen MR) is 151 cm³/mol. The first-order chi connectivity index (χ1) is 18.9. The number of amides is 2. The van der Waals surface area contributed by atoms with Crippen molar-refractivity contribution < 1.29 is 23.5 Å².